The van der Waals surface area contributed by atoms with Crippen molar-refractivity contribution in [2.24, 2.45) is 5.41 Å². The third-order valence-corrected chi connectivity index (χ3v) is 4.85. The molecule has 0 saturated heterocycles. The molecule has 1 aromatic rings. The second-order valence-corrected chi connectivity index (χ2v) is 6.43. The van der Waals surface area contributed by atoms with Gasteiger partial charge in [-0.3, -0.25) is 4.79 Å². The van der Waals surface area contributed by atoms with Gasteiger partial charge in [-0.15, -0.1) is 0 Å². The monoisotopic (exact) mass is 304 g/mol. The second kappa shape index (κ2) is 7.77. The molecule has 3 nitrogen and oxygen atoms in total. The fourth-order valence-corrected chi connectivity index (χ4v) is 3.48. The Kier molecular flexibility index (Phi) is 6.01. The Morgan fingerprint density at radius 2 is 2.05 bits per heavy atom. The lowest BCUT2D eigenvalue weighted by Gasteiger charge is -2.32. The number of ether oxygens (including phenoxy) is 2. The van der Waals surface area contributed by atoms with E-state index in [0.29, 0.717) is 6.61 Å². The molecule has 0 heterocycles. The first-order chi connectivity index (χ1) is 10.6. The van der Waals surface area contributed by atoms with E-state index in [1.807, 2.05) is 0 Å². The SMILES string of the molecule is CCCCC1(C(=O)OC)CCCC1OCc1ccc(C)cc1. The van der Waals surface area contributed by atoms with Crippen molar-refractivity contribution in [3.05, 3.63) is 35.4 Å². The molecule has 122 valence electrons. The van der Waals surface area contributed by atoms with E-state index in [1.165, 1.54) is 12.7 Å². The minimum Gasteiger partial charge on any atom is -0.469 e. The van der Waals surface area contributed by atoms with Crippen LogP contribution in [0.1, 0.15) is 56.6 Å². The van der Waals surface area contributed by atoms with Gasteiger partial charge >= 0.3 is 5.97 Å². The van der Waals surface area contributed by atoms with Gasteiger partial charge in [-0.1, -0.05) is 49.6 Å². The average Bonchev–Trinajstić information content (AvgIpc) is 2.95. The minimum absolute atomic E-state index is 0.0206. The van der Waals surface area contributed by atoms with Gasteiger partial charge in [0.15, 0.2) is 0 Å². The van der Waals surface area contributed by atoms with Crippen LogP contribution in [0.5, 0.6) is 0 Å². The van der Waals surface area contributed by atoms with Crippen LogP contribution in [0.3, 0.4) is 0 Å². The minimum atomic E-state index is -0.435. The molecule has 1 aliphatic carbocycles. The van der Waals surface area contributed by atoms with E-state index in [4.69, 9.17) is 9.47 Å². The zero-order valence-corrected chi connectivity index (χ0v) is 14.1. The van der Waals surface area contributed by atoms with Crippen LogP contribution in [0.25, 0.3) is 0 Å². The Balaban J connectivity index is 2.06. The number of carbonyl (C=O) groups is 1. The van der Waals surface area contributed by atoms with E-state index in [0.717, 1.165) is 44.1 Å². The quantitative estimate of drug-likeness (QED) is 0.700. The summed E-state index contributed by atoms with van der Waals surface area (Å²) in [7, 11) is 1.49. The van der Waals surface area contributed by atoms with Gasteiger partial charge in [0.25, 0.3) is 0 Å². The molecule has 3 heteroatoms. The average molecular weight is 304 g/mol. The molecule has 0 N–H and O–H groups in total. The predicted octanol–water partition coefficient (Wildman–Crippen LogP) is 4.41. The van der Waals surface area contributed by atoms with Gasteiger partial charge in [0.05, 0.1) is 25.2 Å². The molecule has 0 spiro atoms. The van der Waals surface area contributed by atoms with Crippen molar-refractivity contribution in [3.63, 3.8) is 0 Å². The lowest BCUT2D eigenvalue weighted by atomic mass is 9.79. The van der Waals surface area contributed by atoms with E-state index in [1.54, 1.807) is 0 Å². The summed E-state index contributed by atoms with van der Waals surface area (Å²) >= 11 is 0. The van der Waals surface area contributed by atoms with Crippen molar-refractivity contribution in [2.75, 3.05) is 7.11 Å². The lowest BCUT2D eigenvalue weighted by molar-refractivity contribution is -0.163. The number of rotatable bonds is 7. The molecule has 0 amide bonds. The summed E-state index contributed by atoms with van der Waals surface area (Å²) in [6, 6.07) is 8.38. The van der Waals surface area contributed by atoms with E-state index in [-0.39, 0.29) is 12.1 Å². The molecule has 1 fully saturated rings. The van der Waals surface area contributed by atoms with Crippen LogP contribution in [0, 0.1) is 12.3 Å². The third kappa shape index (κ3) is 3.70. The van der Waals surface area contributed by atoms with E-state index >= 15 is 0 Å². The van der Waals surface area contributed by atoms with Crippen molar-refractivity contribution < 1.29 is 14.3 Å². The van der Waals surface area contributed by atoms with Gasteiger partial charge in [0.1, 0.15) is 0 Å². The summed E-state index contributed by atoms with van der Waals surface area (Å²) < 4.78 is 11.3. The van der Waals surface area contributed by atoms with Gasteiger partial charge in [-0.25, -0.2) is 0 Å². The highest BCUT2D eigenvalue weighted by atomic mass is 16.5. The fourth-order valence-electron chi connectivity index (χ4n) is 3.48. The molecule has 2 atom stereocenters. The molecule has 0 aliphatic heterocycles. The summed E-state index contributed by atoms with van der Waals surface area (Å²) in [6.07, 6.45) is 5.85. The lowest BCUT2D eigenvalue weighted by Crippen LogP contribution is -2.40. The van der Waals surface area contributed by atoms with Crippen LogP contribution >= 0.6 is 0 Å². The Labute approximate surface area is 134 Å². The number of esters is 1. The van der Waals surface area contributed by atoms with Gasteiger partial charge in [0.2, 0.25) is 0 Å². The van der Waals surface area contributed by atoms with Crippen LogP contribution in [-0.2, 0) is 20.9 Å². The number of hydrogen-bond acceptors (Lipinski definition) is 3. The van der Waals surface area contributed by atoms with Crippen LogP contribution in [-0.4, -0.2) is 19.2 Å². The molecule has 1 saturated carbocycles. The van der Waals surface area contributed by atoms with Gasteiger partial charge in [0, 0.05) is 0 Å². The number of methoxy groups -OCH3 is 1. The Morgan fingerprint density at radius 1 is 1.32 bits per heavy atom. The summed E-state index contributed by atoms with van der Waals surface area (Å²) in [4.78, 5) is 12.4. The number of hydrogen-bond donors (Lipinski definition) is 0. The standard InChI is InChI=1S/C19H28O3/c1-4-5-12-19(18(20)21-3)13-6-7-17(19)22-14-16-10-8-15(2)9-11-16/h8-11,17H,4-7,12-14H2,1-3H3. The first kappa shape index (κ1) is 17.0. The number of benzene rings is 1. The van der Waals surface area contributed by atoms with Crippen LogP contribution in [0.15, 0.2) is 24.3 Å². The second-order valence-electron chi connectivity index (χ2n) is 6.43. The van der Waals surface area contributed by atoms with Crippen LogP contribution in [0.4, 0.5) is 0 Å². The molecule has 22 heavy (non-hydrogen) atoms. The Morgan fingerprint density at radius 3 is 2.68 bits per heavy atom. The summed E-state index contributed by atoms with van der Waals surface area (Å²) in [5.74, 6) is -0.0904. The highest BCUT2D eigenvalue weighted by molar-refractivity contribution is 5.78. The molecular weight excluding hydrogens is 276 g/mol. The molecular formula is C19H28O3. The summed E-state index contributed by atoms with van der Waals surface area (Å²) in [5.41, 5.74) is 1.97. The first-order valence-corrected chi connectivity index (χ1v) is 8.38. The van der Waals surface area contributed by atoms with Gasteiger partial charge in [-0.2, -0.15) is 0 Å². The van der Waals surface area contributed by atoms with Crippen molar-refractivity contribution in [2.45, 2.75) is 65.1 Å². The molecule has 2 rings (SSSR count). The van der Waals surface area contributed by atoms with Crippen LogP contribution in [0.2, 0.25) is 0 Å². The largest absolute Gasteiger partial charge is 0.469 e. The van der Waals surface area contributed by atoms with Crippen molar-refractivity contribution in [1.82, 2.24) is 0 Å². The predicted molar refractivity (Wildman–Crippen MR) is 87.6 cm³/mol. The van der Waals surface area contributed by atoms with E-state index < -0.39 is 5.41 Å². The fraction of sp³-hybridized carbons (Fsp3) is 0.632. The molecule has 1 aromatic carbocycles. The van der Waals surface area contributed by atoms with Crippen molar-refractivity contribution in [3.8, 4) is 0 Å². The maximum absolute atomic E-state index is 12.4. The maximum atomic E-state index is 12.4. The van der Waals surface area contributed by atoms with Crippen molar-refractivity contribution >= 4 is 5.97 Å². The molecule has 0 aromatic heterocycles. The normalized spacial score (nSPS) is 24.4. The topological polar surface area (TPSA) is 35.5 Å². The van der Waals surface area contributed by atoms with Gasteiger partial charge < -0.3 is 9.47 Å². The third-order valence-electron chi connectivity index (χ3n) is 4.85. The summed E-state index contributed by atoms with van der Waals surface area (Å²) in [6.45, 7) is 4.80. The summed E-state index contributed by atoms with van der Waals surface area (Å²) in [5, 5.41) is 0. The van der Waals surface area contributed by atoms with Gasteiger partial charge in [-0.05, 0) is 38.2 Å². The van der Waals surface area contributed by atoms with E-state index in [9.17, 15) is 4.79 Å². The maximum Gasteiger partial charge on any atom is 0.314 e. The van der Waals surface area contributed by atoms with Crippen LogP contribution < -0.4 is 0 Å². The molecule has 0 radical (unpaired) electrons. The smallest absolute Gasteiger partial charge is 0.314 e. The Bertz CT molecular complexity index is 480. The Hall–Kier alpha value is -1.35. The van der Waals surface area contributed by atoms with E-state index in [2.05, 4.69) is 38.1 Å². The number of aryl methyl sites for hydroxylation is 1. The number of unbranched alkanes of at least 4 members (excludes halogenated alkanes) is 1. The van der Waals surface area contributed by atoms with Crippen molar-refractivity contribution in [1.29, 1.82) is 0 Å². The highest BCUT2D eigenvalue weighted by Gasteiger charge is 2.50. The number of carbonyl (C=O) groups excluding carboxylic acids is 1. The first-order valence-electron chi connectivity index (χ1n) is 8.38. The zero-order valence-electron chi connectivity index (χ0n) is 14.1. The molecule has 0 bridgehead atoms. The zero-order chi connectivity index (χ0) is 16.0. The molecule has 2 unspecified atom stereocenters. The molecule has 1 aliphatic rings. The highest BCUT2D eigenvalue weighted by Crippen LogP contribution is 2.45.